The van der Waals surface area contributed by atoms with E-state index in [0.717, 1.165) is 32.1 Å². The number of aliphatic hydroxyl groups excluding tert-OH is 1. The normalized spacial score (nSPS) is 20.7. The molecule has 2 atom stereocenters. The Bertz CT molecular complexity index is 249. The highest BCUT2D eigenvalue weighted by Gasteiger charge is 2.23. The fourth-order valence-corrected chi connectivity index (χ4v) is 2.44. The van der Waals surface area contributed by atoms with Crippen LogP contribution in [0.3, 0.4) is 0 Å². The largest absolute Gasteiger partial charge is 0.462 e. The van der Waals surface area contributed by atoms with Crippen LogP contribution in [0.1, 0.15) is 58.8 Å². The first-order valence-corrected chi connectivity index (χ1v) is 7.12. The van der Waals surface area contributed by atoms with E-state index < -0.39 is 6.10 Å². The maximum atomic E-state index is 11.7. The van der Waals surface area contributed by atoms with Gasteiger partial charge in [0.05, 0.1) is 12.5 Å². The van der Waals surface area contributed by atoms with Crippen LogP contribution in [0.25, 0.3) is 0 Å². The van der Waals surface area contributed by atoms with Gasteiger partial charge in [0.15, 0.2) is 0 Å². The molecule has 0 radical (unpaired) electrons. The molecule has 4 nitrogen and oxygen atoms in total. The summed E-state index contributed by atoms with van der Waals surface area (Å²) in [6, 6.07) is -0.344. The van der Waals surface area contributed by atoms with E-state index >= 15 is 0 Å². The van der Waals surface area contributed by atoms with Crippen LogP contribution in [0.2, 0.25) is 0 Å². The number of hydrogen-bond donors (Lipinski definition) is 2. The van der Waals surface area contributed by atoms with E-state index in [9.17, 15) is 9.90 Å². The van der Waals surface area contributed by atoms with Crippen molar-refractivity contribution < 1.29 is 14.6 Å². The zero-order valence-electron chi connectivity index (χ0n) is 11.6. The summed E-state index contributed by atoms with van der Waals surface area (Å²) in [6.07, 6.45) is 5.42. The number of carbonyl (C=O) groups excluding carboxylic acids is 1. The summed E-state index contributed by atoms with van der Waals surface area (Å²) in [6.45, 7) is 4.10. The summed E-state index contributed by atoms with van der Waals surface area (Å²) < 4.78 is 5.36. The molecule has 0 spiro atoms. The molecule has 106 valence electrons. The van der Waals surface area contributed by atoms with Crippen molar-refractivity contribution in [1.82, 2.24) is 0 Å². The van der Waals surface area contributed by atoms with Crippen molar-refractivity contribution in [3.8, 4) is 0 Å². The number of nitrogens with two attached hydrogens (primary N) is 1. The summed E-state index contributed by atoms with van der Waals surface area (Å²) in [5.74, 6) is 0.109. The van der Waals surface area contributed by atoms with E-state index in [1.54, 1.807) is 0 Å². The molecular weight excluding hydrogens is 230 g/mol. The second-order valence-corrected chi connectivity index (χ2v) is 5.81. The van der Waals surface area contributed by atoms with Gasteiger partial charge in [0.25, 0.3) is 0 Å². The Morgan fingerprint density at radius 3 is 2.50 bits per heavy atom. The van der Waals surface area contributed by atoms with Crippen LogP contribution < -0.4 is 5.73 Å². The van der Waals surface area contributed by atoms with Gasteiger partial charge in [-0.3, -0.25) is 4.79 Å². The standard InChI is InChI=1S/C14H27NO3/c1-10(2)8-12(15)13(16)9-14(17)18-11-6-4-3-5-7-11/h10-13,16H,3-9,15H2,1-2H3/t12-,13-/m0/s1. The summed E-state index contributed by atoms with van der Waals surface area (Å²) >= 11 is 0. The van der Waals surface area contributed by atoms with E-state index in [1.807, 2.05) is 13.8 Å². The van der Waals surface area contributed by atoms with Crippen LogP contribution >= 0.6 is 0 Å². The van der Waals surface area contributed by atoms with Crippen LogP contribution in [0.5, 0.6) is 0 Å². The molecule has 0 aromatic rings. The highest BCUT2D eigenvalue weighted by Crippen LogP contribution is 2.21. The van der Waals surface area contributed by atoms with Crippen LogP contribution in [-0.2, 0) is 9.53 Å². The molecule has 0 heterocycles. The van der Waals surface area contributed by atoms with Crippen molar-refractivity contribution in [2.45, 2.75) is 77.0 Å². The first-order valence-electron chi connectivity index (χ1n) is 7.12. The van der Waals surface area contributed by atoms with Gasteiger partial charge < -0.3 is 15.6 Å². The quantitative estimate of drug-likeness (QED) is 0.714. The van der Waals surface area contributed by atoms with Crippen molar-refractivity contribution in [3.05, 3.63) is 0 Å². The Hall–Kier alpha value is -0.610. The third-order valence-electron chi connectivity index (χ3n) is 3.46. The van der Waals surface area contributed by atoms with Gasteiger partial charge in [-0.25, -0.2) is 0 Å². The maximum Gasteiger partial charge on any atom is 0.308 e. The van der Waals surface area contributed by atoms with E-state index in [2.05, 4.69) is 0 Å². The smallest absolute Gasteiger partial charge is 0.308 e. The molecule has 0 unspecified atom stereocenters. The molecular formula is C14H27NO3. The van der Waals surface area contributed by atoms with Gasteiger partial charge in [-0.2, -0.15) is 0 Å². The van der Waals surface area contributed by atoms with Gasteiger partial charge in [0.2, 0.25) is 0 Å². The Kier molecular flexibility index (Phi) is 6.65. The molecule has 0 saturated heterocycles. The highest BCUT2D eigenvalue weighted by molar-refractivity contribution is 5.70. The average molecular weight is 257 g/mol. The minimum Gasteiger partial charge on any atom is -0.462 e. The second-order valence-electron chi connectivity index (χ2n) is 5.81. The minimum absolute atomic E-state index is 0.0182. The predicted octanol–water partition coefficient (Wildman–Crippen LogP) is 1.99. The summed E-state index contributed by atoms with van der Waals surface area (Å²) in [4.78, 5) is 11.7. The lowest BCUT2D eigenvalue weighted by Gasteiger charge is -2.24. The van der Waals surface area contributed by atoms with Gasteiger partial charge in [0, 0.05) is 6.04 Å². The Labute approximate surface area is 110 Å². The first-order chi connectivity index (χ1) is 8.49. The Morgan fingerprint density at radius 1 is 1.33 bits per heavy atom. The lowest BCUT2D eigenvalue weighted by molar-refractivity contribution is -0.153. The lowest BCUT2D eigenvalue weighted by atomic mass is 9.97. The van der Waals surface area contributed by atoms with Crippen LogP contribution in [0.4, 0.5) is 0 Å². The number of esters is 1. The molecule has 18 heavy (non-hydrogen) atoms. The molecule has 1 saturated carbocycles. The third-order valence-corrected chi connectivity index (χ3v) is 3.46. The zero-order valence-corrected chi connectivity index (χ0v) is 11.6. The van der Waals surface area contributed by atoms with Crippen LogP contribution in [-0.4, -0.2) is 29.3 Å². The van der Waals surface area contributed by atoms with Crippen molar-refractivity contribution >= 4 is 5.97 Å². The number of rotatable bonds is 6. The Morgan fingerprint density at radius 2 is 1.94 bits per heavy atom. The molecule has 1 aliphatic carbocycles. The van der Waals surface area contributed by atoms with Crippen molar-refractivity contribution in [3.63, 3.8) is 0 Å². The third kappa shape index (κ3) is 5.83. The zero-order chi connectivity index (χ0) is 13.5. The van der Waals surface area contributed by atoms with Crippen LogP contribution in [0, 0.1) is 5.92 Å². The molecule has 0 aliphatic heterocycles. The second kappa shape index (κ2) is 7.74. The minimum atomic E-state index is -0.788. The van der Waals surface area contributed by atoms with Gasteiger partial charge >= 0.3 is 5.97 Å². The number of hydrogen-bond acceptors (Lipinski definition) is 4. The van der Waals surface area contributed by atoms with E-state index in [0.29, 0.717) is 5.92 Å². The van der Waals surface area contributed by atoms with Gasteiger partial charge in [-0.05, 0) is 38.0 Å². The lowest BCUT2D eigenvalue weighted by Crippen LogP contribution is -2.38. The van der Waals surface area contributed by atoms with E-state index in [4.69, 9.17) is 10.5 Å². The molecule has 1 rings (SSSR count). The maximum absolute atomic E-state index is 11.7. The monoisotopic (exact) mass is 257 g/mol. The first kappa shape index (κ1) is 15.4. The van der Waals surface area contributed by atoms with Gasteiger partial charge in [-0.1, -0.05) is 20.3 Å². The topological polar surface area (TPSA) is 72.5 Å². The molecule has 3 N–H and O–H groups in total. The molecule has 1 fully saturated rings. The van der Waals surface area contributed by atoms with Crippen LogP contribution in [0.15, 0.2) is 0 Å². The van der Waals surface area contributed by atoms with Crippen molar-refractivity contribution in [1.29, 1.82) is 0 Å². The Balaban J connectivity index is 2.25. The highest BCUT2D eigenvalue weighted by atomic mass is 16.5. The van der Waals surface area contributed by atoms with Crippen molar-refractivity contribution in [2.24, 2.45) is 11.7 Å². The number of ether oxygens (including phenoxy) is 1. The molecule has 0 aromatic carbocycles. The van der Waals surface area contributed by atoms with Crippen molar-refractivity contribution in [2.75, 3.05) is 0 Å². The fraction of sp³-hybridized carbons (Fsp3) is 0.929. The summed E-state index contributed by atoms with van der Waals surface area (Å²) in [5, 5.41) is 9.84. The van der Waals surface area contributed by atoms with Gasteiger partial charge in [-0.15, -0.1) is 0 Å². The van der Waals surface area contributed by atoms with E-state index in [-0.39, 0.29) is 24.5 Å². The SMILES string of the molecule is CC(C)C[C@H](N)[C@@H](O)CC(=O)OC1CCCCC1. The molecule has 4 heteroatoms. The van der Waals surface area contributed by atoms with Gasteiger partial charge in [0.1, 0.15) is 6.10 Å². The molecule has 0 aromatic heterocycles. The number of aliphatic hydroxyl groups is 1. The predicted molar refractivity (Wildman–Crippen MR) is 71.0 cm³/mol. The molecule has 1 aliphatic rings. The fourth-order valence-electron chi connectivity index (χ4n) is 2.44. The molecule has 0 bridgehead atoms. The van der Waals surface area contributed by atoms with E-state index in [1.165, 1.54) is 6.42 Å². The molecule has 0 amide bonds. The summed E-state index contributed by atoms with van der Waals surface area (Å²) in [7, 11) is 0. The summed E-state index contributed by atoms with van der Waals surface area (Å²) in [5.41, 5.74) is 5.84. The number of carbonyl (C=O) groups is 1. The average Bonchev–Trinajstić information content (AvgIpc) is 2.29.